The molecule has 4 rings (SSSR count). The van der Waals surface area contributed by atoms with E-state index in [1.165, 1.54) is 0 Å². The molecule has 3 aliphatic rings. The van der Waals surface area contributed by atoms with E-state index in [0.29, 0.717) is 5.75 Å². The van der Waals surface area contributed by atoms with Crippen molar-refractivity contribution < 1.29 is 23.9 Å². The third-order valence-corrected chi connectivity index (χ3v) is 5.21. The normalized spacial score (nSPS) is 31.2. The summed E-state index contributed by atoms with van der Waals surface area (Å²) in [6.45, 7) is 3.53. The van der Waals surface area contributed by atoms with E-state index in [1.807, 2.05) is 19.1 Å². The third kappa shape index (κ3) is 2.59. The van der Waals surface area contributed by atoms with Crippen molar-refractivity contribution in [2.24, 2.45) is 11.8 Å². The van der Waals surface area contributed by atoms with Crippen LogP contribution in [-0.2, 0) is 19.1 Å². The number of benzene rings is 1. The first-order chi connectivity index (χ1) is 12.0. The van der Waals surface area contributed by atoms with E-state index in [-0.39, 0.29) is 24.0 Å². The molecule has 3 aliphatic heterocycles. The highest BCUT2D eigenvalue weighted by Crippen LogP contribution is 2.47. The van der Waals surface area contributed by atoms with Crippen molar-refractivity contribution in [3.63, 3.8) is 0 Å². The number of hydrogen-bond donors (Lipinski definition) is 1. The molecule has 0 saturated carbocycles. The van der Waals surface area contributed by atoms with Crippen LogP contribution in [0.1, 0.15) is 25.3 Å². The summed E-state index contributed by atoms with van der Waals surface area (Å²) < 4.78 is 11.2. The fraction of sp³-hybridized carbons (Fsp3) is 0.500. The molecular weight excluding hydrogens is 324 g/mol. The number of hydrazine groups is 1. The zero-order valence-corrected chi connectivity index (χ0v) is 14.1. The Morgan fingerprint density at radius 3 is 2.28 bits per heavy atom. The van der Waals surface area contributed by atoms with Crippen LogP contribution in [0.4, 0.5) is 0 Å². The Hall–Kier alpha value is -2.41. The molecule has 0 aromatic heterocycles. The molecule has 0 unspecified atom stereocenters. The summed E-state index contributed by atoms with van der Waals surface area (Å²) in [5.41, 5.74) is 3.51. The third-order valence-electron chi connectivity index (χ3n) is 5.21. The number of fused-ring (bicyclic) bond motifs is 5. The standard InChI is InChI=1S/C18H20N2O5/c1-9-3-5-11(6-4-9)24-10(2)16(21)19-20-17(22)14-12-7-8-13(25-12)15(14)18(20)23/h3-6,10,12-15H,7-8H2,1-2H3,(H,19,21)/t10-,12-,13+,14-,15-/m0/s1. The highest BCUT2D eigenvalue weighted by Gasteiger charge is 2.63. The van der Waals surface area contributed by atoms with Crippen molar-refractivity contribution in [2.45, 2.75) is 45.0 Å². The van der Waals surface area contributed by atoms with Gasteiger partial charge in [0, 0.05) is 0 Å². The van der Waals surface area contributed by atoms with E-state index < -0.39 is 23.8 Å². The average molecular weight is 344 g/mol. The number of rotatable bonds is 4. The van der Waals surface area contributed by atoms with E-state index in [2.05, 4.69) is 5.43 Å². The zero-order chi connectivity index (χ0) is 17.7. The molecule has 0 aliphatic carbocycles. The maximum Gasteiger partial charge on any atom is 0.279 e. The van der Waals surface area contributed by atoms with Crippen molar-refractivity contribution in [1.82, 2.24) is 10.4 Å². The smallest absolute Gasteiger partial charge is 0.279 e. The molecule has 0 radical (unpaired) electrons. The molecule has 0 spiro atoms. The molecule has 1 aromatic carbocycles. The first-order valence-corrected chi connectivity index (χ1v) is 8.53. The molecule has 3 fully saturated rings. The van der Waals surface area contributed by atoms with Crippen LogP contribution >= 0.6 is 0 Å². The van der Waals surface area contributed by atoms with Gasteiger partial charge in [-0.05, 0) is 38.8 Å². The van der Waals surface area contributed by atoms with Gasteiger partial charge in [0.1, 0.15) is 5.75 Å². The second-order valence-corrected chi connectivity index (χ2v) is 6.90. The van der Waals surface area contributed by atoms with E-state index in [9.17, 15) is 14.4 Å². The Bertz CT molecular complexity index is 703. The van der Waals surface area contributed by atoms with E-state index in [4.69, 9.17) is 9.47 Å². The number of nitrogens with zero attached hydrogens (tertiary/aromatic N) is 1. The lowest BCUT2D eigenvalue weighted by Crippen LogP contribution is -2.51. The van der Waals surface area contributed by atoms with Gasteiger partial charge in [-0.3, -0.25) is 19.8 Å². The predicted molar refractivity (Wildman–Crippen MR) is 86.1 cm³/mol. The molecule has 25 heavy (non-hydrogen) atoms. The molecule has 1 N–H and O–H groups in total. The molecule has 1 aromatic rings. The van der Waals surface area contributed by atoms with Crippen LogP contribution in [0.5, 0.6) is 5.75 Å². The van der Waals surface area contributed by atoms with Crippen LogP contribution in [0.25, 0.3) is 0 Å². The van der Waals surface area contributed by atoms with Gasteiger partial charge in [0.05, 0.1) is 24.0 Å². The quantitative estimate of drug-likeness (QED) is 0.822. The Morgan fingerprint density at radius 1 is 1.16 bits per heavy atom. The second-order valence-electron chi connectivity index (χ2n) is 6.90. The highest BCUT2D eigenvalue weighted by molar-refractivity contribution is 6.07. The minimum absolute atomic E-state index is 0.199. The van der Waals surface area contributed by atoms with Gasteiger partial charge >= 0.3 is 0 Å². The number of carbonyl (C=O) groups is 3. The van der Waals surface area contributed by atoms with Crippen LogP contribution in [0, 0.1) is 18.8 Å². The summed E-state index contributed by atoms with van der Waals surface area (Å²) in [6, 6.07) is 7.30. The highest BCUT2D eigenvalue weighted by atomic mass is 16.5. The second kappa shape index (κ2) is 5.84. The van der Waals surface area contributed by atoms with Crippen LogP contribution in [0.3, 0.4) is 0 Å². The fourth-order valence-corrected chi connectivity index (χ4v) is 3.90. The van der Waals surface area contributed by atoms with Gasteiger partial charge in [-0.2, -0.15) is 5.01 Å². The lowest BCUT2D eigenvalue weighted by Gasteiger charge is -2.21. The molecule has 7 nitrogen and oxygen atoms in total. The van der Waals surface area contributed by atoms with Gasteiger partial charge in [-0.1, -0.05) is 17.7 Å². The molecular formula is C18H20N2O5. The van der Waals surface area contributed by atoms with Crippen molar-refractivity contribution in [1.29, 1.82) is 0 Å². The average Bonchev–Trinajstić information content (AvgIpc) is 3.26. The predicted octanol–water partition coefficient (Wildman–Crippen LogP) is 0.956. The van der Waals surface area contributed by atoms with Crippen LogP contribution < -0.4 is 10.2 Å². The molecule has 5 atom stereocenters. The molecule has 3 amide bonds. The maximum absolute atomic E-state index is 12.5. The number of imide groups is 1. The SMILES string of the molecule is Cc1ccc(O[C@@H](C)C(=O)NN2C(=O)[C@@H]3[C@@H](C2=O)[C@H]2CC[C@@H]3O2)cc1. The van der Waals surface area contributed by atoms with Gasteiger partial charge in [0.15, 0.2) is 6.10 Å². The lowest BCUT2D eigenvalue weighted by atomic mass is 9.81. The number of amides is 3. The molecule has 132 valence electrons. The summed E-state index contributed by atoms with van der Waals surface area (Å²) in [7, 11) is 0. The van der Waals surface area contributed by atoms with Crippen molar-refractivity contribution >= 4 is 17.7 Å². The summed E-state index contributed by atoms with van der Waals surface area (Å²) >= 11 is 0. The minimum Gasteiger partial charge on any atom is -0.481 e. The number of carbonyl (C=O) groups excluding carboxylic acids is 3. The Labute approximate surface area is 145 Å². The van der Waals surface area contributed by atoms with Gasteiger partial charge in [0.2, 0.25) is 0 Å². The van der Waals surface area contributed by atoms with Gasteiger partial charge in [-0.25, -0.2) is 0 Å². The number of aryl methyl sites for hydroxylation is 1. The van der Waals surface area contributed by atoms with Crippen LogP contribution in [-0.4, -0.2) is 41.0 Å². The lowest BCUT2D eigenvalue weighted by molar-refractivity contribution is -0.153. The first kappa shape index (κ1) is 16.1. The molecule has 3 saturated heterocycles. The maximum atomic E-state index is 12.5. The number of nitrogens with one attached hydrogen (secondary N) is 1. The van der Waals surface area contributed by atoms with E-state index in [0.717, 1.165) is 23.4 Å². The van der Waals surface area contributed by atoms with Crippen molar-refractivity contribution in [3.8, 4) is 5.75 Å². The molecule has 3 heterocycles. The van der Waals surface area contributed by atoms with Gasteiger partial charge in [0.25, 0.3) is 17.7 Å². The largest absolute Gasteiger partial charge is 0.481 e. The van der Waals surface area contributed by atoms with Crippen LogP contribution in [0.15, 0.2) is 24.3 Å². The Morgan fingerprint density at radius 2 is 1.72 bits per heavy atom. The van der Waals surface area contributed by atoms with Crippen molar-refractivity contribution in [2.75, 3.05) is 0 Å². The summed E-state index contributed by atoms with van der Waals surface area (Å²) in [5, 5.41) is 0.862. The van der Waals surface area contributed by atoms with Crippen molar-refractivity contribution in [3.05, 3.63) is 29.8 Å². The Kier molecular flexibility index (Phi) is 3.76. The number of ether oxygens (including phenoxy) is 2. The monoisotopic (exact) mass is 344 g/mol. The Balaban J connectivity index is 1.41. The van der Waals surface area contributed by atoms with Crippen LogP contribution in [0.2, 0.25) is 0 Å². The van der Waals surface area contributed by atoms with E-state index >= 15 is 0 Å². The van der Waals surface area contributed by atoms with E-state index in [1.54, 1.807) is 19.1 Å². The van der Waals surface area contributed by atoms with Gasteiger partial charge < -0.3 is 9.47 Å². The summed E-state index contributed by atoms with van der Waals surface area (Å²) in [5.74, 6) is -1.65. The fourth-order valence-electron chi connectivity index (χ4n) is 3.90. The first-order valence-electron chi connectivity index (χ1n) is 8.53. The summed E-state index contributed by atoms with van der Waals surface area (Å²) in [4.78, 5) is 37.4. The molecule has 7 heteroatoms. The van der Waals surface area contributed by atoms with Gasteiger partial charge in [-0.15, -0.1) is 0 Å². The molecule has 2 bridgehead atoms. The summed E-state index contributed by atoms with van der Waals surface area (Å²) in [6.07, 6.45) is 0.347. The zero-order valence-electron chi connectivity index (χ0n) is 14.1. The minimum atomic E-state index is -0.836. The topological polar surface area (TPSA) is 84.9 Å². The number of hydrogen-bond acceptors (Lipinski definition) is 5.